The highest BCUT2D eigenvalue weighted by Gasteiger charge is 2.58. The average Bonchev–Trinajstić information content (AvgIpc) is 3.02. The molecule has 4 saturated carbocycles. The van der Waals surface area contributed by atoms with Gasteiger partial charge in [0, 0.05) is 12.5 Å². The number of Topliss-reactive ketones (excluding diaryl/α,β-unsaturated/α-hetero) is 1. The van der Waals surface area contributed by atoms with E-state index in [4.69, 9.17) is 4.74 Å². The van der Waals surface area contributed by atoms with Crippen molar-refractivity contribution in [2.45, 2.75) is 77.2 Å². The van der Waals surface area contributed by atoms with Gasteiger partial charge in [0.2, 0.25) is 0 Å². The first-order valence-electron chi connectivity index (χ1n) is 11.3. The van der Waals surface area contributed by atoms with Crippen LogP contribution < -0.4 is 0 Å². The van der Waals surface area contributed by atoms with Crippen molar-refractivity contribution in [3.8, 4) is 0 Å². The maximum Gasteiger partial charge on any atom is 0.147 e. The molecule has 0 unspecified atom stereocenters. The third kappa shape index (κ3) is 3.46. The Hall–Kier alpha value is 0.0700. The summed E-state index contributed by atoms with van der Waals surface area (Å²) in [6.07, 6.45) is 10.5. The Morgan fingerprint density at radius 2 is 1.85 bits per heavy atom. The van der Waals surface area contributed by atoms with Crippen molar-refractivity contribution < 1.29 is 14.6 Å². The number of aliphatic hydroxyl groups is 1. The molecule has 0 aliphatic heterocycles. The number of hydrogen-bond donors (Lipinski definition) is 1. The van der Waals surface area contributed by atoms with Crippen LogP contribution in [0, 0.1) is 40.9 Å². The van der Waals surface area contributed by atoms with Crippen LogP contribution in [0.5, 0.6) is 0 Å². The number of rotatable bonds is 5. The van der Waals surface area contributed by atoms with Gasteiger partial charge in [0.15, 0.2) is 0 Å². The molecule has 0 heterocycles. The van der Waals surface area contributed by atoms with Crippen LogP contribution in [-0.2, 0) is 9.53 Å². The van der Waals surface area contributed by atoms with Crippen LogP contribution >= 0.6 is 15.9 Å². The molecule has 0 bridgehead atoms. The number of carbonyl (C=O) groups is 1. The monoisotopic (exact) mass is 440 g/mol. The molecular weight excluding hydrogens is 404 g/mol. The lowest BCUT2D eigenvalue weighted by molar-refractivity contribution is -0.136. The molecule has 0 aromatic carbocycles. The standard InChI is InChI=1S/C23H37BrO3/c1-3-27-14-23(26)11-9-16-15(12-23)4-5-18-17(16)8-10-22(2)19(18)6-7-20(22)21(25)13-24/h15-20,26H,3-14H2,1-2H3/t15-,16+,17-,18-,19+,20-,22+,23+/m1/s1. The smallest absolute Gasteiger partial charge is 0.147 e. The molecule has 0 saturated heterocycles. The van der Waals surface area contributed by atoms with Crippen molar-refractivity contribution in [1.29, 1.82) is 0 Å². The largest absolute Gasteiger partial charge is 0.387 e. The molecule has 4 fully saturated rings. The van der Waals surface area contributed by atoms with E-state index in [2.05, 4.69) is 22.9 Å². The second-order valence-corrected chi connectivity index (χ2v) is 10.9. The summed E-state index contributed by atoms with van der Waals surface area (Å²) in [5, 5.41) is 11.5. The second-order valence-electron chi connectivity index (χ2n) is 10.3. The number of carbonyl (C=O) groups excluding carboxylic acids is 1. The summed E-state index contributed by atoms with van der Waals surface area (Å²) in [5.41, 5.74) is -0.350. The van der Waals surface area contributed by atoms with E-state index < -0.39 is 5.60 Å². The number of ether oxygens (including phenoxy) is 1. The minimum Gasteiger partial charge on any atom is -0.387 e. The van der Waals surface area contributed by atoms with Gasteiger partial charge >= 0.3 is 0 Å². The van der Waals surface area contributed by atoms with E-state index in [1.54, 1.807) is 0 Å². The molecule has 0 radical (unpaired) electrons. The van der Waals surface area contributed by atoms with Crippen molar-refractivity contribution in [3.63, 3.8) is 0 Å². The van der Waals surface area contributed by atoms with E-state index in [1.165, 1.54) is 38.5 Å². The molecule has 4 heteroatoms. The first-order valence-corrected chi connectivity index (χ1v) is 12.4. The number of halogens is 1. The summed E-state index contributed by atoms with van der Waals surface area (Å²) < 4.78 is 5.59. The number of hydrogen-bond acceptors (Lipinski definition) is 3. The minimum atomic E-state index is -0.589. The molecule has 0 aromatic heterocycles. The highest BCUT2D eigenvalue weighted by atomic mass is 79.9. The maximum absolute atomic E-state index is 12.5. The molecular formula is C23H37BrO3. The first kappa shape index (κ1) is 20.3. The van der Waals surface area contributed by atoms with Crippen LogP contribution in [0.3, 0.4) is 0 Å². The lowest BCUT2D eigenvalue weighted by Gasteiger charge is -2.57. The fraction of sp³-hybridized carbons (Fsp3) is 0.957. The van der Waals surface area contributed by atoms with Gasteiger partial charge in [0.05, 0.1) is 17.5 Å². The fourth-order valence-electron chi connectivity index (χ4n) is 8.01. The third-order valence-corrected chi connectivity index (χ3v) is 9.75. The molecule has 3 nitrogen and oxygen atoms in total. The van der Waals surface area contributed by atoms with Crippen LogP contribution in [0.2, 0.25) is 0 Å². The minimum absolute atomic E-state index is 0.239. The van der Waals surface area contributed by atoms with Gasteiger partial charge in [-0.3, -0.25) is 4.79 Å². The van der Waals surface area contributed by atoms with Crippen molar-refractivity contribution in [3.05, 3.63) is 0 Å². The van der Waals surface area contributed by atoms with Crippen LogP contribution in [0.15, 0.2) is 0 Å². The zero-order chi connectivity index (χ0) is 19.2. The van der Waals surface area contributed by atoms with Crippen molar-refractivity contribution in [2.24, 2.45) is 40.9 Å². The Balaban J connectivity index is 1.47. The Kier molecular flexibility index (Phi) is 5.82. The molecule has 27 heavy (non-hydrogen) atoms. The highest BCUT2D eigenvalue weighted by molar-refractivity contribution is 9.09. The van der Waals surface area contributed by atoms with Gasteiger partial charge in [-0.15, -0.1) is 0 Å². The van der Waals surface area contributed by atoms with Crippen LogP contribution in [0.1, 0.15) is 71.6 Å². The molecule has 4 aliphatic carbocycles. The summed E-state index contributed by atoms with van der Waals surface area (Å²) in [6, 6.07) is 0. The molecule has 4 rings (SSSR count). The van der Waals surface area contributed by atoms with Crippen molar-refractivity contribution in [1.82, 2.24) is 0 Å². The van der Waals surface area contributed by atoms with Gasteiger partial charge in [-0.05, 0) is 99.7 Å². The average molecular weight is 441 g/mol. The zero-order valence-corrected chi connectivity index (χ0v) is 18.7. The summed E-state index contributed by atoms with van der Waals surface area (Å²) in [6.45, 7) is 5.64. The lowest BCUT2D eigenvalue weighted by atomic mass is 9.49. The van der Waals surface area contributed by atoms with Gasteiger partial charge in [-0.1, -0.05) is 22.9 Å². The number of fused-ring (bicyclic) bond motifs is 5. The Morgan fingerprint density at radius 3 is 2.59 bits per heavy atom. The zero-order valence-electron chi connectivity index (χ0n) is 17.1. The Morgan fingerprint density at radius 1 is 1.07 bits per heavy atom. The van der Waals surface area contributed by atoms with E-state index in [9.17, 15) is 9.90 Å². The fourth-order valence-corrected chi connectivity index (χ4v) is 8.40. The normalized spacial score (nSPS) is 49.2. The molecule has 1 N–H and O–H groups in total. The molecule has 0 amide bonds. The van der Waals surface area contributed by atoms with E-state index in [1.807, 2.05) is 6.92 Å². The quantitative estimate of drug-likeness (QED) is 0.612. The summed E-state index contributed by atoms with van der Waals surface area (Å²) in [7, 11) is 0. The van der Waals surface area contributed by atoms with Gasteiger partial charge < -0.3 is 9.84 Å². The van der Waals surface area contributed by atoms with Crippen molar-refractivity contribution in [2.75, 3.05) is 18.5 Å². The SMILES string of the molecule is CCOC[C@]1(O)CC[C@H]2[C@H](CC[C@@H]3[C@@H]2CC[C@]2(C)[C@@H](C(=O)CBr)CC[C@@H]32)C1. The predicted molar refractivity (Wildman–Crippen MR) is 111 cm³/mol. The highest BCUT2D eigenvalue weighted by Crippen LogP contribution is 2.64. The lowest BCUT2D eigenvalue weighted by Crippen LogP contribution is -2.52. The first-order chi connectivity index (χ1) is 12.9. The molecule has 0 spiro atoms. The van der Waals surface area contributed by atoms with Crippen LogP contribution in [0.25, 0.3) is 0 Å². The van der Waals surface area contributed by atoms with Gasteiger partial charge in [0.1, 0.15) is 5.78 Å². The third-order valence-electron chi connectivity index (χ3n) is 9.20. The van der Waals surface area contributed by atoms with Crippen molar-refractivity contribution >= 4 is 21.7 Å². The molecule has 8 atom stereocenters. The summed E-state index contributed by atoms with van der Waals surface area (Å²) in [4.78, 5) is 12.5. The van der Waals surface area contributed by atoms with Gasteiger partial charge in [-0.2, -0.15) is 0 Å². The van der Waals surface area contributed by atoms with E-state index >= 15 is 0 Å². The van der Waals surface area contributed by atoms with Crippen LogP contribution in [-0.4, -0.2) is 35.0 Å². The van der Waals surface area contributed by atoms with Gasteiger partial charge in [0.25, 0.3) is 0 Å². The van der Waals surface area contributed by atoms with E-state index in [0.29, 0.717) is 30.2 Å². The number of alkyl halides is 1. The second kappa shape index (κ2) is 7.72. The summed E-state index contributed by atoms with van der Waals surface area (Å²) in [5.74, 6) is 4.58. The van der Waals surface area contributed by atoms with Gasteiger partial charge in [-0.25, -0.2) is 0 Å². The molecule has 0 aromatic rings. The van der Waals surface area contributed by atoms with E-state index in [-0.39, 0.29) is 11.3 Å². The van der Waals surface area contributed by atoms with E-state index in [0.717, 1.165) is 42.9 Å². The predicted octanol–water partition coefficient (Wildman–Crippen LogP) is 4.99. The Bertz CT molecular complexity index is 566. The van der Waals surface area contributed by atoms with Crippen LogP contribution in [0.4, 0.5) is 0 Å². The number of ketones is 1. The molecule has 4 aliphatic rings. The Labute approximate surface area is 173 Å². The molecule has 154 valence electrons. The summed E-state index contributed by atoms with van der Waals surface area (Å²) >= 11 is 3.42. The topological polar surface area (TPSA) is 46.5 Å². The maximum atomic E-state index is 12.5.